The van der Waals surface area contributed by atoms with Gasteiger partial charge in [-0.2, -0.15) is 5.10 Å². The highest BCUT2D eigenvalue weighted by atomic mass is 16.3. The van der Waals surface area contributed by atoms with E-state index in [1.54, 1.807) is 12.3 Å². The SMILES string of the molecule is Cc1ccc(CCc2[nH]nc(CCc3ccc(CO)nc3)c2C(N)=O)cc1. The van der Waals surface area contributed by atoms with E-state index in [1.165, 1.54) is 11.1 Å². The first-order valence-electron chi connectivity index (χ1n) is 9.03. The predicted octanol–water partition coefficient (Wildman–Crippen LogP) is 2.27. The van der Waals surface area contributed by atoms with E-state index in [1.807, 2.05) is 6.07 Å². The van der Waals surface area contributed by atoms with Crippen LogP contribution in [0.15, 0.2) is 42.6 Å². The molecule has 6 nitrogen and oxygen atoms in total. The Bertz CT molecular complexity index is 899. The van der Waals surface area contributed by atoms with Crippen molar-refractivity contribution in [2.45, 2.75) is 39.2 Å². The number of rotatable bonds is 8. The quantitative estimate of drug-likeness (QED) is 0.570. The van der Waals surface area contributed by atoms with Crippen molar-refractivity contribution in [3.63, 3.8) is 0 Å². The number of aryl methyl sites for hydroxylation is 5. The van der Waals surface area contributed by atoms with Gasteiger partial charge in [-0.05, 0) is 49.8 Å². The molecule has 0 bridgehead atoms. The first kappa shape index (κ1) is 18.8. The molecule has 0 radical (unpaired) electrons. The van der Waals surface area contributed by atoms with Crippen LogP contribution in [0, 0.1) is 6.92 Å². The monoisotopic (exact) mass is 364 g/mol. The fourth-order valence-electron chi connectivity index (χ4n) is 3.06. The number of hydrogen-bond acceptors (Lipinski definition) is 4. The van der Waals surface area contributed by atoms with Gasteiger partial charge in [-0.15, -0.1) is 0 Å². The topological polar surface area (TPSA) is 105 Å². The van der Waals surface area contributed by atoms with Crippen LogP contribution in [0.25, 0.3) is 0 Å². The highest BCUT2D eigenvalue weighted by Crippen LogP contribution is 2.16. The summed E-state index contributed by atoms with van der Waals surface area (Å²) >= 11 is 0. The molecule has 0 aliphatic rings. The minimum atomic E-state index is -0.452. The van der Waals surface area contributed by atoms with Crippen LogP contribution in [0.1, 0.15) is 44.1 Å². The lowest BCUT2D eigenvalue weighted by molar-refractivity contribution is 0.0998. The molecule has 0 atom stereocenters. The molecule has 0 unspecified atom stereocenters. The average Bonchev–Trinajstić information content (AvgIpc) is 3.09. The van der Waals surface area contributed by atoms with Crippen molar-refractivity contribution in [2.24, 2.45) is 5.73 Å². The number of carbonyl (C=O) groups is 1. The second-order valence-electron chi connectivity index (χ2n) is 6.69. The summed E-state index contributed by atoms with van der Waals surface area (Å²) in [6.07, 6.45) is 4.52. The summed E-state index contributed by atoms with van der Waals surface area (Å²) in [5.74, 6) is -0.452. The lowest BCUT2D eigenvalue weighted by Crippen LogP contribution is -2.15. The Kier molecular flexibility index (Phi) is 5.98. The van der Waals surface area contributed by atoms with Gasteiger partial charge in [-0.1, -0.05) is 35.9 Å². The lowest BCUT2D eigenvalue weighted by Gasteiger charge is -2.04. The van der Waals surface area contributed by atoms with Crippen LogP contribution in [0.3, 0.4) is 0 Å². The first-order valence-corrected chi connectivity index (χ1v) is 9.03. The Balaban J connectivity index is 1.68. The molecule has 0 fully saturated rings. The molecule has 0 saturated carbocycles. The van der Waals surface area contributed by atoms with Gasteiger partial charge in [-0.25, -0.2) is 0 Å². The molecule has 2 aromatic heterocycles. The molecular formula is C21H24N4O2. The molecule has 1 amide bonds. The number of aromatic amines is 1. The summed E-state index contributed by atoms with van der Waals surface area (Å²) in [6.45, 7) is 1.98. The number of pyridine rings is 1. The Morgan fingerprint density at radius 2 is 1.74 bits per heavy atom. The maximum absolute atomic E-state index is 12.0. The molecule has 4 N–H and O–H groups in total. The van der Waals surface area contributed by atoms with Crippen molar-refractivity contribution >= 4 is 5.91 Å². The molecule has 27 heavy (non-hydrogen) atoms. The van der Waals surface area contributed by atoms with E-state index in [-0.39, 0.29) is 6.61 Å². The Hall–Kier alpha value is -2.99. The van der Waals surface area contributed by atoms with Crippen LogP contribution >= 0.6 is 0 Å². The number of primary amides is 1. The van der Waals surface area contributed by atoms with Gasteiger partial charge < -0.3 is 10.8 Å². The molecule has 0 aliphatic carbocycles. The summed E-state index contributed by atoms with van der Waals surface area (Å²) in [7, 11) is 0. The zero-order chi connectivity index (χ0) is 19.2. The van der Waals surface area contributed by atoms with Gasteiger partial charge in [0.05, 0.1) is 23.6 Å². The summed E-state index contributed by atoms with van der Waals surface area (Å²) in [5.41, 5.74) is 11.7. The fourth-order valence-corrected chi connectivity index (χ4v) is 3.06. The minimum Gasteiger partial charge on any atom is -0.390 e. The molecule has 140 valence electrons. The molecule has 6 heteroatoms. The van der Waals surface area contributed by atoms with Gasteiger partial charge >= 0.3 is 0 Å². The maximum Gasteiger partial charge on any atom is 0.252 e. The third-order valence-corrected chi connectivity index (χ3v) is 4.65. The highest BCUT2D eigenvalue weighted by Gasteiger charge is 2.18. The number of nitrogens with two attached hydrogens (primary N) is 1. The van der Waals surface area contributed by atoms with Crippen LogP contribution in [0.4, 0.5) is 0 Å². The van der Waals surface area contributed by atoms with Crippen molar-refractivity contribution in [3.05, 3.63) is 81.9 Å². The fraction of sp³-hybridized carbons (Fsp3) is 0.286. The molecular weight excluding hydrogens is 340 g/mol. The number of amides is 1. The van der Waals surface area contributed by atoms with E-state index in [2.05, 4.69) is 46.4 Å². The Morgan fingerprint density at radius 3 is 2.37 bits per heavy atom. The summed E-state index contributed by atoms with van der Waals surface area (Å²) < 4.78 is 0. The van der Waals surface area contributed by atoms with Crippen molar-refractivity contribution in [2.75, 3.05) is 0 Å². The lowest BCUT2D eigenvalue weighted by atomic mass is 10.0. The summed E-state index contributed by atoms with van der Waals surface area (Å²) in [6, 6.07) is 12.1. The molecule has 3 rings (SSSR count). The van der Waals surface area contributed by atoms with Crippen molar-refractivity contribution < 1.29 is 9.90 Å². The van der Waals surface area contributed by atoms with E-state index in [9.17, 15) is 4.79 Å². The number of hydrogen-bond donors (Lipinski definition) is 3. The zero-order valence-corrected chi connectivity index (χ0v) is 15.4. The van der Waals surface area contributed by atoms with E-state index < -0.39 is 5.91 Å². The Labute approximate surface area is 158 Å². The average molecular weight is 364 g/mol. The number of aliphatic hydroxyl groups excluding tert-OH is 1. The van der Waals surface area contributed by atoms with Crippen LogP contribution < -0.4 is 5.73 Å². The number of aliphatic hydroxyl groups is 1. The predicted molar refractivity (Wildman–Crippen MR) is 103 cm³/mol. The van der Waals surface area contributed by atoms with Gasteiger partial charge in [-0.3, -0.25) is 14.9 Å². The molecule has 3 aromatic rings. The van der Waals surface area contributed by atoms with Crippen LogP contribution in [0.5, 0.6) is 0 Å². The number of carbonyl (C=O) groups excluding carboxylic acids is 1. The second-order valence-corrected chi connectivity index (χ2v) is 6.69. The van der Waals surface area contributed by atoms with Gasteiger partial charge in [0.15, 0.2) is 0 Å². The third-order valence-electron chi connectivity index (χ3n) is 4.65. The smallest absolute Gasteiger partial charge is 0.252 e. The van der Waals surface area contributed by atoms with Gasteiger partial charge in [0.1, 0.15) is 0 Å². The van der Waals surface area contributed by atoms with Crippen LogP contribution in [-0.4, -0.2) is 26.2 Å². The summed E-state index contributed by atoms with van der Waals surface area (Å²) in [4.78, 5) is 16.1. The third kappa shape index (κ3) is 4.80. The van der Waals surface area contributed by atoms with Crippen molar-refractivity contribution in [1.82, 2.24) is 15.2 Å². The first-order chi connectivity index (χ1) is 13.1. The van der Waals surface area contributed by atoms with E-state index in [0.717, 1.165) is 17.7 Å². The molecule has 0 saturated heterocycles. The van der Waals surface area contributed by atoms with Gasteiger partial charge in [0.2, 0.25) is 0 Å². The van der Waals surface area contributed by atoms with Crippen LogP contribution in [0.2, 0.25) is 0 Å². The highest BCUT2D eigenvalue weighted by molar-refractivity contribution is 5.95. The summed E-state index contributed by atoms with van der Waals surface area (Å²) in [5, 5.41) is 16.4. The molecule has 0 spiro atoms. The number of nitrogens with one attached hydrogen (secondary N) is 1. The Morgan fingerprint density at radius 1 is 1.04 bits per heavy atom. The van der Waals surface area contributed by atoms with Crippen LogP contribution in [-0.2, 0) is 32.3 Å². The number of nitrogens with zero attached hydrogens (tertiary/aromatic N) is 2. The molecule has 0 aliphatic heterocycles. The van der Waals surface area contributed by atoms with Gasteiger partial charge in [0, 0.05) is 11.9 Å². The minimum absolute atomic E-state index is 0.0736. The van der Waals surface area contributed by atoms with Crippen molar-refractivity contribution in [3.8, 4) is 0 Å². The number of H-pyrrole nitrogens is 1. The second kappa shape index (κ2) is 8.60. The zero-order valence-electron chi connectivity index (χ0n) is 15.4. The van der Waals surface area contributed by atoms with E-state index in [0.29, 0.717) is 36.2 Å². The van der Waals surface area contributed by atoms with Gasteiger partial charge in [0.25, 0.3) is 5.91 Å². The maximum atomic E-state index is 12.0. The standard InChI is InChI=1S/C21H24N4O2/c1-14-2-4-15(5-3-14)7-10-18-20(21(22)27)19(25-24-18)11-8-16-6-9-17(13-26)23-12-16/h2-6,9,12,26H,7-8,10-11,13H2,1H3,(H2,22,27)(H,24,25). The largest absolute Gasteiger partial charge is 0.390 e. The van der Waals surface area contributed by atoms with E-state index in [4.69, 9.17) is 10.8 Å². The molecule has 1 aromatic carbocycles. The van der Waals surface area contributed by atoms with E-state index >= 15 is 0 Å². The number of benzene rings is 1. The van der Waals surface area contributed by atoms with Crippen molar-refractivity contribution in [1.29, 1.82) is 0 Å². The number of aromatic nitrogens is 3. The normalized spacial score (nSPS) is 10.9. The molecule has 2 heterocycles.